The molecule has 0 saturated carbocycles. The van der Waals surface area contributed by atoms with Gasteiger partial charge in [0.2, 0.25) is 15.8 Å². The summed E-state index contributed by atoms with van der Waals surface area (Å²) in [5.41, 5.74) is 0.783. The molecule has 0 atom stereocenters. The summed E-state index contributed by atoms with van der Waals surface area (Å²) in [6.07, 6.45) is 3.51. The molecule has 2 rings (SSSR count). The molecule has 0 saturated heterocycles. The zero-order valence-electron chi connectivity index (χ0n) is 9.96. The number of carboxylic acids is 1. The number of aromatic carboxylic acids is 1. The second-order valence-electron chi connectivity index (χ2n) is 3.78. The molecule has 8 nitrogen and oxygen atoms in total. The molecule has 0 aliphatic rings. The van der Waals surface area contributed by atoms with E-state index in [1.807, 2.05) is 0 Å². The maximum absolute atomic E-state index is 12.0. The fourth-order valence-corrected chi connectivity index (χ4v) is 3.43. The summed E-state index contributed by atoms with van der Waals surface area (Å²) in [5.74, 6) is -1.80. The number of sulfonamides is 1. The number of carboxylic acid groups (broad SMARTS) is 1. The zero-order valence-corrected chi connectivity index (χ0v) is 12.4. The second-order valence-corrected chi connectivity index (χ2v) is 6.23. The standard InChI is InChI=1S/C10H10BrN3O5S/c11-9-8(3-7(19-9)10(15)16)20(17,18)14-2-1-6-4-12-5-13-6/h3-5,14H,1-2H2,(H,12,13)(H,15,16). The highest BCUT2D eigenvalue weighted by atomic mass is 79.9. The molecule has 0 fully saturated rings. The first kappa shape index (κ1) is 14.8. The molecule has 0 amide bonds. The van der Waals surface area contributed by atoms with Gasteiger partial charge in [0.25, 0.3) is 0 Å². The maximum atomic E-state index is 12.0. The monoisotopic (exact) mass is 363 g/mol. The predicted octanol–water partition coefficient (Wildman–Crippen LogP) is 0.984. The van der Waals surface area contributed by atoms with Gasteiger partial charge in [-0.15, -0.1) is 0 Å². The van der Waals surface area contributed by atoms with Gasteiger partial charge in [-0.2, -0.15) is 0 Å². The number of imidazole rings is 1. The Morgan fingerprint density at radius 2 is 2.30 bits per heavy atom. The van der Waals surface area contributed by atoms with Crippen LogP contribution in [0.4, 0.5) is 0 Å². The van der Waals surface area contributed by atoms with Gasteiger partial charge in [-0.25, -0.2) is 22.9 Å². The van der Waals surface area contributed by atoms with Crippen LogP contribution in [0.25, 0.3) is 0 Å². The predicted molar refractivity (Wildman–Crippen MR) is 70.8 cm³/mol. The van der Waals surface area contributed by atoms with Crippen molar-refractivity contribution in [1.29, 1.82) is 0 Å². The van der Waals surface area contributed by atoms with Crippen LogP contribution in [0.3, 0.4) is 0 Å². The van der Waals surface area contributed by atoms with Crippen molar-refractivity contribution in [2.75, 3.05) is 6.54 Å². The molecule has 2 heterocycles. The third-order valence-corrected chi connectivity index (χ3v) is 4.71. The quantitative estimate of drug-likeness (QED) is 0.702. The number of nitrogens with zero attached hydrogens (tertiary/aromatic N) is 1. The van der Waals surface area contributed by atoms with Crippen LogP contribution in [-0.4, -0.2) is 36.0 Å². The summed E-state index contributed by atoms with van der Waals surface area (Å²) in [6.45, 7) is 0.143. The highest BCUT2D eigenvalue weighted by Crippen LogP contribution is 2.25. The topological polar surface area (TPSA) is 125 Å². The summed E-state index contributed by atoms with van der Waals surface area (Å²) in [7, 11) is -3.85. The number of furan rings is 1. The van der Waals surface area contributed by atoms with Crippen LogP contribution in [0.5, 0.6) is 0 Å². The summed E-state index contributed by atoms with van der Waals surface area (Å²) in [4.78, 5) is 17.1. The van der Waals surface area contributed by atoms with Gasteiger partial charge in [0.15, 0.2) is 4.67 Å². The molecule has 0 unspecified atom stereocenters. The van der Waals surface area contributed by atoms with Gasteiger partial charge in [0.05, 0.1) is 6.33 Å². The van der Waals surface area contributed by atoms with E-state index < -0.39 is 21.8 Å². The van der Waals surface area contributed by atoms with Crippen LogP contribution in [-0.2, 0) is 16.4 Å². The number of hydrogen-bond acceptors (Lipinski definition) is 5. The Balaban J connectivity index is 2.08. The molecule has 2 aromatic rings. The van der Waals surface area contributed by atoms with Crippen LogP contribution in [0.2, 0.25) is 0 Å². The van der Waals surface area contributed by atoms with Gasteiger partial charge < -0.3 is 14.5 Å². The number of halogens is 1. The first-order chi connectivity index (χ1) is 9.40. The van der Waals surface area contributed by atoms with Crippen molar-refractivity contribution in [2.24, 2.45) is 0 Å². The lowest BCUT2D eigenvalue weighted by Crippen LogP contribution is -2.26. The zero-order chi connectivity index (χ0) is 14.8. The van der Waals surface area contributed by atoms with Gasteiger partial charge in [0.1, 0.15) is 4.90 Å². The first-order valence-electron chi connectivity index (χ1n) is 5.39. The highest BCUT2D eigenvalue weighted by Gasteiger charge is 2.24. The van der Waals surface area contributed by atoms with Crippen molar-refractivity contribution in [3.05, 3.63) is 34.7 Å². The van der Waals surface area contributed by atoms with Gasteiger partial charge in [0, 0.05) is 30.9 Å². The Labute approximate surface area is 122 Å². The summed E-state index contributed by atoms with van der Waals surface area (Å²) in [5, 5.41) is 8.75. The number of H-pyrrole nitrogens is 1. The maximum Gasteiger partial charge on any atom is 0.371 e. The number of rotatable bonds is 6. The van der Waals surface area contributed by atoms with Crippen molar-refractivity contribution in [2.45, 2.75) is 11.3 Å². The highest BCUT2D eigenvalue weighted by molar-refractivity contribution is 9.10. The fraction of sp³-hybridized carbons (Fsp3) is 0.200. The number of aromatic nitrogens is 2. The smallest absolute Gasteiger partial charge is 0.371 e. The summed E-state index contributed by atoms with van der Waals surface area (Å²) >= 11 is 2.89. The molecule has 10 heteroatoms. The summed E-state index contributed by atoms with van der Waals surface area (Å²) in [6, 6.07) is 0.949. The van der Waals surface area contributed by atoms with Gasteiger partial charge in [-0.05, 0) is 15.9 Å². The molecular weight excluding hydrogens is 354 g/mol. The SMILES string of the molecule is O=C(O)c1cc(S(=O)(=O)NCCc2cnc[nH]2)c(Br)o1. The average Bonchev–Trinajstić information content (AvgIpc) is 2.98. The van der Waals surface area contributed by atoms with E-state index >= 15 is 0 Å². The number of carbonyl (C=O) groups is 1. The van der Waals surface area contributed by atoms with E-state index in [-0.39, 0.29) is 16.1 Å². The number of aromatic amines is 1. The first-order valence-corrected chi connectivity index (χ1v) is 7.67. The van der Waals surface area contributed by atoms with E-state index in [0.717, 1.165) is 11.8 Å². The third kappa shape index (κ3) is 3.26. The molecule has 108 valence electrons. The van der Waals surface area contributed by atoms with Crippen LogP contribution >= 0.6 is 15.9 Å². The number of hydrogen-bond donors (Lipinski definition) is 3. The van der Waals surface area contributed by atoms with E-state index in [9.17, 15) is 13.2 Å². The molecule has 0 bridgehead atoms. The molecule has 0 aliphatic carbocycles. The van der Waals surface area contributed by atoms with Crippen LogP contribution in [0.1, 0.15) is 16.2 Å². The van der Waals surface area contributed by atoms with E-state index in [1.165, 1.54) is 6.33 Å². The van der Waals surface area contributed by atoms with Gasteiger partial charge >= 0.3 is 5.97 Å². The Morgan fingerprint density at radius 1 is 1.55 bits per heavy atom. The Kier molecular flexibility index (Phi) is 4.26. The third-order valence-electron chi connectivity index (χ3n) is 2.40. The van der Waals surface area contributed by atoms with Crippen molar-refractivity contribution in [1.82, 2.24) is 14.7 Å². The average molecular weight is 364 g/mol. The molecule has 0 radical (unpaired) electrons. The van der Waals surface area contributed by atoms with E-state index in [2.05, 4.69) is 30.6 Å². The van der Waals surface area contributed by atoms with E-state index in [0.29, 0.717) is 6.42 Å². The van der Waals surface area contributed by atoms with Crippen molar-refractivity contribution >= 4 is 31.9 Å². The molecule has 0 spiro atoms. The Bertz CT molecular complexity index is 707. The largest absolute Gasteiger partial charge is 0.475 e. The number of nitrogens with one attached hydrogen (secondary N) is 2. The van der Waals surface area contributed by atoms with Gasteiger partial charge in [-0.3, -0.25) is 0 Å². The van der Waals surface area contributed by atoms with Crippen molar-refractivity contribution in [3.8, 4) is 0 Å². The minimum absolute atomic E-state index is 0.143. The normalized spacial score (nSPS) is 11.7. The van der Waals surface area contributed by atoms with Crippen LogP contribution in [0.15, 0.2) is 32.6 Å². The molecule has 0 aromatic carbocycles. The minimum Gasteiger partial charge on any atom is -0.475 e. The molecule has 0 aliphatic heterocycles. The molecule has 2 aromatic heterocycles. The fourth-order valence-electron chi connectivity index (χ4n) is 1.46. The Morgan fingerprint density at radius 3 is 2.85 bits per heavy atom. The lowest BCUT2D eigenvalue weighted by Gasteiger charge is -2.03. The summed E-state index contributed by atoms with van der Waals surface area (Å²) < 4.78 is 31.0. The minimum atomic E-state index is -3.85. The Hall–Kier alpha value is -1.65. The van der Waals surface area contributed by atoms with E-state index in [1.54, 1.807) is 6.20 Å². The van der Waals surface area contributed by atoms with Crippen LogP contribution < -0.4 is 4.72 Å². The lowest BCUT2D eigenvalue weighted by atomic mass is 10.3. The molecule has 20 heavy (non-hydrogen) atoms. The molecule has 3 N–H and O–H groups in total. The van der Waals surface area contributed by atoms with Gasteiger partial charge in [-0.1, -0.05) is 0 Å². The van der Waals surface area contributed by atoms with Crippen molar-refractivity contribution < 1.29 is 22.7 Å². The van der Waals surface area contributed by atoms with Crippen LogP contribution in [0, 0.1) is 0 Å². The molecular formula is C10H10BrN3O5S. The second kappa shape index (κ2) is 5.77. The van der Waals surface area contributed by atoms with Crippen molar-refractivity contribution in [3.63, 3.8) is 0 Å². The lowest BCUT2D eigenvalue weighted by molar-refractivity contribution is 0.0661. The van der Waals surface area contributed by atoms with E-state index in [4.69, 9.17) is 9.52 Å².